The second-order valence-electron chi connectivity index (χ2n) is 4.22. The van der Waals surface area contributed by atoms with Crippen molar-refractivity contribution in [1.82, 2.24) is 0 Å². The summed E-state index contributed by atoms with van der Waals surface area (Å²) in [6.07, 6.45) is 1.61. The van der Waals surface area contributed by atoms with Crippen molar-refractivity contribution in [2.45, 2.75) is 45.3 Å². The summed E-state index contributed by atoms with van der Waals surface area (Å²) in [6, 6.07) is 0. The monoisotopic (exact) mass is 158 g/mol. The largest absolute Gasteiger partial charge is 0.391 e. The average molecular weight is 158 g/mol. The van der Waals surface area contributed by atoms with E-state index in [0.29, 0.717) is 12.5 Å². The second kappa shape index (κ2) is 3.11. The summed E-state index contributed by atoms with van der Waals surface area (Å²) in [4.78, 5) is 0. The van der Waals surface area contributed by atoms with Gasteiger partial charge in [0.25, 0.3) is 0 Å². The van der Waals surface area contributed by atoms with Gasteiger partial charge in [-0.15, -0.1) is 0 Å². The maximum atomic E-state index is 9.25. The summed E-state index contributed by atoms with van der Waals surface area (Å²) in [7, 11) is 0. The molecule has 1 heterocycles. The average Bonchev–Trinajstić information content (AvgIpc) is 2.08. The minimum atomic E-state index is -0.237. The van der Waals surface area contributed by atoms with Crippen LogP contribution in [0.4, 0.5) is 0 Å². The summed E-state index contributed by atoms with van der Waals surface area (Å²) in [6.45, 7) is 6.96. The Morgan fingerprint density at radius 2 is 2.27 bits per heavy atom. The number of hydrogen-bond donors (Lipinski definition) is 1. The molecular formula is C9H18O2. The van der Waals surface area contributed by atoms with Crippen molar-refractivity contribution in [3.8, 4) is 0 Å². The quantitative estimate of drug-likeness (QED) is 0.661. The first-order valence-corrected chi connectivity index (χ1v) is 4.34. The van der Waals surface area contributed by atoms with Crippen molar-refractivity contribution < 1.29 is 9.84 Å². The lowest BCUT2D eigenvalue weighted by molar-refractivity contribution is 0.000805. The highest BCUT2D eigenvalue weighted by Gasteiger charge is 2.35. The maximum absolute atomic E-state index is 9.25. The van der Waals surface area contributed by atoms with Crippen LogP contribution in [0, 0.1) is 5.92 Å². The van der Waals surface area contributed by atoms with Crippen LogP contribution in [0.15, 0.2) is 0 Å². The molecule has 1 rings (SSSR count). The number of ether oxygens (including phenoxy) is 1. The molecule has 0 aromatic rings. The minimum Gasteiger partial charge on any atom is -0.391 e. The van der Waals surface area contributed by atoms with Gasteiger partial charge in [0.2, 0.25) is 0 Å². The van der Waals surface area contributed by atoms with Crippen molar-refractivity contribution in [3.05, 3.63) is 0 Å². The van der Waals surface area contributed by atoms with Gasteiger partial charge in [-0.3, -0.25) is 0 Å². The molecule has 0 aliphatic carbocycles. The standard InChI is InChI=1S/C9H18O2/c1-7(2)4-9(3)5-8(10)6-11-9/h7-8,10H,4-6H2,1-3H3. The second-order valence-corrected chi connectivity index (χ2v) is 4.22. The zero-order valence-corrected chi connectivity index (χ0v) is 7.63. The number of rotatable bonds is 2. The Hall–Kier alpha value is -0.0800. The van der Waals surface area contributed by atoms with Crippen molar-refractivity contribution in [3.63, 3.8) is 0 Å². The first-order valence-electron chi connectivity index (χ1n) is 4.34. The number of aliphatic hydroxyl groups excluding tert-OH is 1. The van der Waals surface area contributed by atoms with Crippen LogP contribution in [-0.2, 0) is 4.74 Å². The molecule has 1 fully saturated rings. The van der Waals surface area contributed by atoms with Crippen LogP contribution in [0.3, 0.4) is 0 Å². The minimum absolute atomic E-state index is 0.0619. The lowest BCUT2D eigenvalue weighted by atomic mass is 9.91. The Balaban J connectivity index is 2.42. The third-order valence-corrected chi connectivity index (χ3v) is 2.13. The highest BCUT2D eigenvalue weighted by molar-refractivity contribution is 4.85. The first-order chi connectivity index (χ1) is 5.02. The molecule has 1 aliphatic heterocycles. The predicted octanol–water partition coefficient (Wildman–Crippen LogP) is 1.57. The molecule has 1 N–H and O–H groups in total. The van der Waals surface area contributed by atoms with Gasteiger partial charge in [0, 0.05) is 6.42 Å². The van der Waals surface area contributed by atoms with Gasteiger partial charge in [0.05, 0.1) is 18.3 Å². The third-order valence-electron chi connectivity index (χ3n) is 2.13. The normalized spacial score (nSPS) is 38.5. The van der Waals surface area contributed by atoms with Crippen molar-refractivity contribution >= 4 is 0 Å². The summed E-state index contributed by atoms with van der Waals surface area (Å²) >= 11 is 0. The van der Waals surface area contributed by atoms with Gasteiger partial charge in [0.1, 0.15) is 0 Å². The molecule has 0 amide bonds. The van der Waals surface area contributed by atoms with Crippen molar-refractivity contribution in [2.24, 2.45) is 5.92 Å². The Labute approximate surface area is 68.6 Å². The summed E-state index contributed by atoms with van der Waals surface area (Å²) in [5, 5.41) is 9.25. The Morgan fingerprint density at radius 1 is 1.64 bits per heavy atom. The fourth-order valence-corrected chi connectivity index (χ4v) is 1.92. The molecule has 2 unspecified atom stereocenters. The van der Waals surface area contributed by atoms with Gasteiger partial charge in [0.15, 0.2) is 0 Å². The van der Waals surface area contributed by atoms with Crippen LogP contribution >= 0.6 is 0 Å². The Morgan fingerprint density at radius 3 is 2.64 bits per heavy atom. The van der Waals surface area contributed by atoms with Gasteiger partial charge >= 0.3 is 0 Å². The molecular weight excluding hydrogens is 140 g/mol. The van der Waals surface area contributed by atoms with Crippen LogP contribution in [0.25, 0.3) is 0 Å². The molecule has 2 nitrogen and oxygen atoms in total. The lowest BCUT2D eigenvalue weighted by Crippen LogP contribution is -2.25. The molecule has 0 saturated carbocycles. The summed E-state index contributed by atoms with van der Waals surface area (Å²) in [5.41, 5.74) is -0.0619. The van der Waals surface area contributed by atoms with Crippen LogP contribution in [-0.4, -0.2) is 23.4 Å². The van der Waals surface area contributed by atoms with Gasteiger partial charge in [-0.2, -0.15) is 0 Å². The van der Waals surface area contributed by atoms with Crippen molar-refractivity contribution in [2.75, 3.05) is 6.61 Å². The van der Waals surface area contributed by atoms with Gasteiger partial charge in [-0.1, -0.05) is 13.8 Å². The summed E-state index contributed by atoms with van der Waals surface area (Å²) in [5.74, 6) is 0.644. The molecule has 0 aromatic heterocycles. The zero-order chi connectivity index (χ0) is 8.48. The van der Waals surface area contributed by atoms with E-state index in [-0.39, 0.29) is 11.7 Å². The highest BCUT2D eigenvalue weighted by atomic mass is 16.5. The molecule has 0 aromatic carbocycles. The lowest BCUT2D eigenvalue weighted by Gasteiger charge is -2.24. The van der Waals surface area contributed by atoms with E-state index in [4.69, 9.17) is 4.74 Å². The predicted molar refractivity (Wildman–Crippen MR) is 44.4 cm³/mol. The van der Waals surface area contributed by atoms with E-state index < -0.39 is 0 Å². The van der Waals surface area contributed by atoms with E-state index in [1.54, 1.807) is 0 Å². The van der Waals surface area contributed by atoms with Gasteiger partial charge in [-0.05, 0) is 19.3 Å². The molecule has 1 aliphatic rings. The highest BCUT2D eigenvalue weighted by Crippen LogP contribution is 2.31. The van der Waals surface area contributed by atoms with E-state index in [2.05, 4.69) is 20.8 Å². The first kappa shape index (κ1) is 9.01. The fourth-order valence-electron chi connectivity index (χ4n) is 1.92. The Bertz CT molecular complexity index is 134. The van der Waals surface area contributed by atoms with Crippen LogP contribution in [0.2, 0.25) is 0 Å². The van der Waals surface area contributed by atoms with E-state index in [1.807, 2.05) is 0 Å². The molecule has 0 spiro atoms. The molecule has 0 bridgehead atoms. The summed E-state index contributed by atoms with van der Waals surface area (Å²) < 4.78 is 5.51. The fraction of sp³-hybridized carbons (Fsp3) is 1.00. The number of hydrogen-bond acceptors (Lipinski definition) is 2. The van der Waals surface area contributed by atoms with E-state index in [1.165, 1.54) is 0 Å². The topological polar surface area (TPSA) is 29.5 Å². The van der Waals surface area contributed by atoms with Crippen LogP contribution < -0.4 is 0 Å². The SMILES string of the molecule is CC(C)CC1(C)CC(O)CO1. The van der Waals surface area contributed by atoms with Gasteiger partial charge in [-0.25, -0.2) is 0 Å². The zero-order valence-electron chi connectivity index (χ0n) is 7.63. The Kier molecular flexibility index (Phi) is 2.55. The van der Waals surface area contributed by atoms with Crippen LogP contribution in [0.1, 0.15) is 33.6 Å². The maximum Gasteiger partial charge on any atom is 0.0801 e. The smallest absolute Gasteiger partial charge is 0.0801 e. The van der Waals surface area contributed by atoms with Gasteiger partial charge < -0.3 is 9.84 Å². The van der Waals surface area contributed by atoms with E-state index >= 15 is 0 Å². The molecule has 66 valence electrons. The van der Waals surface area contributed by atoms with Crippen LogP contribution in [0.5, 0.6) is 0 Å². The molecule has 0 radical (unpaired) electrons. The molecule has 1 saturated heterocycles. The molecule has 2 heteroatoms. The number of aliphatic hydroxyl groups is 1. The van der Waals surface area contributed by atoms with E-state index in [9.17, 15) is 5.11 Å². The molecule has 11 heavy (non-hydrogen) atoms. The molecule has 2 atom stereocenters. The third kappa shape index (κ3) is 2.46. The van der Waals surface area contributed by atoms with E-state index in [0.717, 1.165) is 12.8 Å². The van der Waals surface area contributed by atoms with Crippen molar-refractivity contribution in [1.29, 1.82) is 0 Å².